The molecule has 0 saturated carbocycles. The second-order valence-electron chi connectivity index (χ2n) is 3.98. The minimum Gasteiger partial charge on any atom is -0.363 e. The summed E-state index contributed by atoms with van der Waals surface area (Å²) in [6.07, 6.45) is 3.55. The van der Waals surface area contributed by atoms with Gasteiger partial charge in [0.05, 0.1) is 0 Å². The Labute approximate surface area is 94.7 Å². The lowest BCUT2D eigenvalue weighted by molar-refractivity contribution is 0.373. The van der Waals surface area contributed by atoms with Crippen molar-refractivity contribution in [1.29, 1.82) is 0 Å². The van der Waals surface area contributed by atoms with E-state index in [9.17, 15) is 0 Å². The van der Waals surface area contributed by atoms with Gasteiger partial charge in [0.1, 0.15) is 5.76 Å². The van der Waals surface area contributed by atoms with Crippen LogP contribution in [0.25, 0.3) is 0 Å². The summed E-state index contributed by atoms with van der Waals surface area (Å²) in [6.45, 7) is 4.88. The average molecular weight is 217 g/mol. The van der Waals surface area contributed by atoms with Crippen molar-refractivity contribution in [3.8, 4) is 0 Å². The van der Waals surface area contributed by atoms with E-state index in [4.69, 9.17) is 4.52 Å². The van der Waals surface area contributed by atoms with Gasteiger partial charge in [-0.05, 0) is 17.7 Å². The van der Waals surface area contributed by atoms with E-state index in [1.54, 1.807) is 12.4 Å². The lowest BCUT2D eigenvalue weighted by Crippen LogP contribution is -1.99. The number of aromatic nitrogens is 2. The molecule has 4 nitrogen and oxygen atoms in total. The molecule has 0 radical (unpaired) electrons. The van der Waals surface area contributed by atoms with Crippen molar-refractivity contribution in [1.82, 2.24) is 10.1 Å². The first kappa shape index (κ1) is 10.7. The summed E-state index contributed by atoms with van der Waals surface area (Å²) in [5, 5.41) is 7.15. The molecule has 0 aliphatic rings. The van der Waals surface area contributed by atoms with Gasteiger partial charge in [-0.25, -0.2) is 0 Å². The molecule has 2 rings (SSSR count). The minimum absolute atomic E-state index is 0.365. The fourth-order valence-electron chi connectivity index (χ4n) is 1.34. The van der Waals surface area contributed by atoms with E-state index in [0.29, 0.717) is 5.92 Å². The van der Waals surface area contributed by atoms with Crippen molar-refractivity contribution in [3.05, 3.63) is 41.9 Å². The molecule has 2 heterocycles. The second kappa shape index (κ2) is 4.79. The zero-order valence-corrected chi connectivity index (χ0v) is 9.47. The van der Waals surface area contributed by atoms with Gasteiger partial charge in [-0.2, -0.15) is 0 Å². The first-order chi connectivity index (χ1) is 7.75. The van der Waals surface area contributed by atoms with Gasteiger partial charge in [-0.1, -0.05) is 19.0 Å². The Hall–Kier alpha value is -1.84. The third kappa shape index (κ3) is 2.59. The van der Waals surface area contributed by atoms with Crippen LogP contribution in [0.3, 0.4) is 0 Å². The smallest absolute Gasteiger partial charge is 0.169 e. The van der Waals surface area contributed by atoms with Crippen molar-refractivity contribution in [2.24, 2.45) is 0 Å². The van der Waals surface area contributed by atoms with Crippen LogP contribution in [0.1, 0.15) is 31.1 Å². The monoisotopic (exact) mass is 217 g/mol. The zero-order chi connectivity index (χ0) is 11.4. The number of nitrogens with one attached hydrogen (secondary N) is 1. The predicted molar refractivity (Wildman–Crippen MR) is 62.2 cm³/mol. The fourth-order valence-corrected chi connectivity index (χ4v) is 1.34. The van der Waals surface area contributed by atoms with Crippen LogP contribution in [0, 0.1) is 0 Å². The minimum atomic E-state index is 0.365. The molecule has 2 aromatic rings. The number of nitrogens with zero attached hydrogens (tertiary/aromatic N) is 2. The fraction of sp³-hybridized carbons (Fsp3) is 0.333. The van der Waals surface area contributed by atoms with Crippen LogP contribution in [0.5, 0.6) is 0 Å². The number of hydrogen-bond acceptors (Lipinski definition) is 4. The van der Waals surface area contributed by atoms with Gasteiger partial charge in [0.15, 0.2) is 5.82 Å². The first-order valence-electron chi connectivity index (χ1n) is 5.35. The molecule has 0 spiro atoms. The maximum absolute atomic E-state index is 5.19. The van der Waals surface area contributed by atoms with E-state index in [-0.39, 0.29) is 0 Å². The Balaban J connectivity index is 1.95. The van der Waals surface area contributed by atoms with Gasteiger partial charge < -0.3 is 9.84 Å². The van der Waals surface area contributed by atoms with E-state index in [1.807, 2.05) is 18.2 Å². The van der Waals surface area contributed by atoms with Gasteiger partial charge in [0.2, 0.25) is 0 Å². The predicted octanol–water partition coefficient (Wildman–Crippen LogP) is 2.81. The van der Waals surface area contributed by atoms with E-state index in [0.717, 1.165) is 18.1 Å². The van der Waals surface area contributed by atoms with Crippen molar-refractivity contribution < 1.29 is 4.52 Å². The van der Waals surface area contributed by atoms with Gasteiger partial charge in [-0.3, -0.25) is 4.98 Å². The van der Waals surface area contributed by atoms with Crippen LogP contribution >= 0.6 is 0 Å². The standard InChI is InChI=1S/C12H15N3O/c1-9(2)11-7-12(15-16-11)14-8-10-3-5-13-6-4-10/h3-7,9H,8H2,1-2H3,(H,14,15). The molecule has 0 amide bonds. The summed E-state index contributed by atoms with van der Waals surface area (Å²) in [7, 11) is 0. The van der Waals surface area contributed by atoms with Crippen molar-refractivity contribution in [3.63, 3.8) is 0 Å². The zero-order valence-electron chi connectivity index (χ0n) is 9.47. The Kier molecular flexibility index (Phi) is 3.19. The van der Waals surface area contributed by atoms with E-state index in [1.165, 1.54) is 5.56 Å². The maximum Gasteiger partial charge on any atom is 0.169 e. The Bertz CT molecular complexity index is 437. The van der Waals surface area contributed by atoms with Crippen molar-refractivity contribution in [2.45, 2.75) is 26.3 Å². The molecule has 0 aromatic carbocycles. The van der Waals surface area contributed by atoms with Crippen molar-refractivity contribution >= 4 is 5.82 Å². The van der Waals surface area contributed by atoms with Gasteiger partial charge in [0, 0.05) is 30.9 Å². The molecule has 0 fully saturated rings. The summed E-state index contributed by atoms with van der Waals surface area (Å²) in [5.74, 6) is 2.04. The summed E-state index contributed by atoms with van der Waals surface area (Å²) in [5.41, 5.74) is 1.17. The van der Waals surface area contributed by atoms with Crippen molar-refractivity contribution in [2.75, 3.05) is 5.32 Å². The van der Waals surface area contributed by atoms with E-state index >= 15 is 0 Å². The third-order valence-corrected chi connectivity index (χ3v) is 2.32. The molecule has 2 aromatic heterocycles. The van der Waals surface area contributed by atoms with Crippen LogP contribution < -0.4 is 5.32 Å². The molecule has 0 unspecified atom stereocenters. The SMILES string of the molecule is CC(C)c1cc(NCc2ccncc2)no1. The highest BCUT2D eigenvalue weighted by atomic mass is 16.5. The van der Waals surface area contributed by atoms with Crippen LogP contribution in [0.4, 0.5) is 5.82 Å². The van der Waals surface area contributed by atoms with Gasteiger partial charge in [-0.15, -0.1) is 0 Å². The molecule has 4 heteroatoms. The molecular formula is C12H15N3O. The Morgan fingerprint density at radius 2 is 2.06 bits per heavy atom. The average Bonchev–Trinajstić information content (AvgIpc) is 2.76. The van der Waals surface area contributed by atoms with Crippen LogP contribution in [-0.2, 0) is 6.54 Å². The number of pyridine rings is 1. The highest BCUT2D eigenvalue weighted by Gasteiger charge is 2.06. The second-order valence-corrected chi connectivity index (χ2v) is 3.98. The van der Waals surface area contributed by atoms with Crippen LogP contribution in [-0.4, -0.2) is 10.1 Å². The maximum atomic E-state index is 5.19. The van der Waals surface area contributed by atoms with Gasteiger partial charge >= 0.3 is 0 Å². The molecule has 0 bridgehead atoms. The molecule has 0 aliphatic carbocycles. The highest BCUT2D eigenvalue weighted by Crippen LogP contribution is 2.18. The quantitative estimate of drug-likeness (QED) is 0.855. The summed E-state index contributed by atoms with van der Waals surface area (Å²) >= 11 is 0. The summed E-state index contributed by atoms with van der Waals surface area (Å²) in [6, 6.07) is 5.87. The Morgan fingerprint density at radius 3 is 2.69 bits per heavy atom. The van der Waals surface area contributed by atoms with Gasteiger partial charge in [0.25, 0.3) is 0 Å². The molecule has 84 valence electrons. The molecular weight excluding hydrogens is 202 g/mol. The molecule has 0 atom stereocenters. The van der Waals surface area contributed by atoms with E-state index in [2.05, 4.69) is 29.3 Å². The molecule has 1 N–H and O–H groups in total. The summed E-state index contributed by atoms with van der Waals surface area (Å²) in [4.78, 5) is 3.97. The molecule has 0 saturated heterocycles. The summed E-state index contributed by atoms with van der Waals surface area (Å²) < 4.78 is 5.19. The third-order valence-electron chi connectivity index (χ3n) is 2.32. The first-order valence-corrected chi connectivity index (χ1v) is 5.35. The lowest BCUT2D eigenvalue weighted by Gasteiger charge is -2.00. The number of hydrogen-bond donors (Lipinski definition) is 1. The van der Waals surface area contributed by atoms with Crippen LogP contribution in [0.2, 0.25) is 0 Å². The topological polar surface area (TPSA) is 51.0 Å². The van der Waals surface area contributed by atoms with E-state index < -0.39 is 0 Å². The highest BCUT2D eigenvalue weighted by molar-refractivity contribution is 5.35. The number of rotatable bonds is 4. The van der Waals surface area contributed by atoms with Crippen LogP contribution in [0.15, 0.2) is 35.1 Å². The Morgan fingerprint density at radius 1 is 1.31 bits per heavy atom. The lowest BCUT2D eigenvalue weighted by atomic mass is 10.1. The normalized spacial score (nSPS) is 10.7. The number of anilines is 1. The molecule has 0 aliphatic heterocycles. The molecule has 16 heavy (non-hydrogen) atoms. The largest absolute Gasteiger partial charge is 0.363 e.